The van der Waals surface area contributed by atoms with E-state index in [1.807, 2.05) is 36.4 Å². The van der Waals surface area contributed by atoms with E-state index in [1.54, 1.807) is 30.3 Å². The third kappa shape index (κ3) is 4.56. The fourth-order valence-corrected chi connectivity index (χ4v) is 3.20. The minimum Gasteiger partial charge on any atom is -0.326 e. The summed E-state index contributed by atoms with van der Waals surface area (Å²) in [5.74, 6) is -0.537. The van der Waals surface area contributed by atoms with Gasteiger partial charge in [0.2, 0.25) is 11.0 Å². The van der Waals surface area contributed by atoms with E-state index in [1.165, 1.54) is 13.0 Å². The molecule has 3 aromatic rings. The van der Waals surface area contributed by atoms with Crippen molar-refractivity contribution in [1.82, 2.24) is 0 Å². The van der Waals surface area contributed by atoms with Crippen LogP contribution < -0.4 is 5.32 Å². The Kier molecular flexibility index (Phi) is 6.06. The van der Waals surface area contributed by atoms with E-state index < -0.39 is 5.12 Å². The van der Waals surface area contributed by atoms with Crippen molar-refractivity contribution in [3.8, 4) is 0 Å². The summed E-state index contributed by atoms with van der Waals surface area (Å²) >= 11 is 3.92. The Labute approximate surface area is 169 Å². The standard InChI is InChI=1S/C23H19NO3S/c1-15(25)24-20-14-19(23(27)28)13-18(12-16-8-4-2-5-9-16)21(20)22(26)17-10-6-3-7-11-17/h2-11,13-14H,12H2,1H3,(H,24,25)(H,27,28). The van der Waals surface area contributed by atoms with Gasteiger partial charge in [-0.1, -0.05) is 60.7 Å². The Morgan fingerprint density at radius 2 is 1.46 bits per heavy atom. The maximum atomic E-state index is 13.3. The van der Waals surface area contributed by atoms with Gasteiger partial charge in [-0.3, -0.25) is 14.4 Å². The molecule has 0 fully saturated rings. The number of carbonyl (C=O) groups is 3. The zero-order valence-corrected chi connectivity index (χ0v) is 16.2. The molecule has 3 rings (SSSR count). The number of anilines is 1. The molecule has 0 unspecified atom stereocenters. The number of ketones is 1. The maximum absolute atomic E-state index is 13.3. The largest absolute Gasteiger partial charge is 0.326 e. The molecule has 0 aromatic heterocycles. The number of carbonyl (C=O) groups excluding carboxylic acids is 3. The van der Waals surface area contributed by atoms with Crippen molar-refractivity contribution in [1.29, 1.82) is 0 Å². The number of rotatable bonds is 6. The summed E-state index contributed by atoms with van der Waals surface area (Å²) in [6.07, 6.45) is 0.441. The van der Waals surface area contributed by atoms with E-state index in [-0.39, 0.29) is 11.7 Å². The summed E-state index contributed by atoms with van der Waals surface area (Å²) in [6, 6.07) is 21.7. The van der Waals surface area contributed by atoms with Crippen molar-refractivity contribution >= 4 is 35.1 Å². The van der Waals surface area contributed by atoms with Crippen LogP contribution in [0, 0.1) is 0 Å². The fraction of sp³-hybridized carbons (Fsp3) is 0.0870. The molecule has 140 valence electrons. The SMILES string of the molecule is CC(=O)Nc1cc(C(=O)S)cc(Cc2ccccc2)c1C(=O)c1ccccc1. The van der Waals surface area contributed by atoms with E-state index in [4.69, 9.17) is 0 Å². The van der Waals surface area contributed by atoms with Gasteiger partial charge in [-0.05, 0) is 29.7 Å². The monoisotopic (exact) mass is 389 g/mol. The predicted octanol–water partition coefficient (Wildman–Crippen LogP) is 4.54. The highest BCUT2D eigenvalue weighted by Gasteiger charge is 2.21. The van der Waals surface area contributed by atoms with Crippen molar-refractivity contribution in [2.75, 3.05) is 5.32 Å². The van der Waals surface area contributed by atoms with Crippen molar-refractivity contribution in [3.05, 3.63) is 101 Å². The molecule has 28 heavy (non-hydrogen) atoms. The van der Waals surface area contributed by atoms with E-state index in [2.05, 4.69) is 17.9 Å². The van der Waals surface area contributed by atoms with Crippen LogP contribution in [0.5, 0.6) is 0 Å². The van der Waals surface area contributed by atoms with E-state index in [9.17, 15) is 14.4 Å². The molecular formula is C23H19NO3S. The summed E-state index contributed by atoms with van der Waals surface area (Å²) in [6.45, 7) is 1.36. The second kappa shape index (κ2) is 8.67. The third-order valence-corrected chi connectivity index (χ3v) is 4.54. The Morgan fingerprint density at radius 3 is 2.04 bits per heavy atom. The molecule has 0 heterocycles. The summed E-state index contributed by atoms with van der Waals surface area (Å²) in [5, 5.41) is 2.27. The lowest BCUT2D eigenvalue weighted by molar-refractivity contribution is -0.114. The first kappa shape index (κ1) is 19.6. The average Bonchev–Trinajstić information content (AvgIpc) is 2.68. The topological polar surface area (TPSA) is 63.2 Å². The van der Waals surface area contributed by atoms with Crippen LogP contribution in [-0.2, 0) is 11.2 Å². The molecule has 0 spiro atoms. The highest BCUT2D eigenvalue weighted by atomic mass is 32.1. The molecule has 0 aliphatic heterocycles. The summed E-state index contributed by atoms with van der Waals surface area (Å²) < 4.78 is 0. The minimum absolute atomic E-state index is 0.214. The molecule has 0 radical (unpaired) electrons. The third-order valence-electron chi connectivity index (χ3n) is 4.28. The van der Waals surface area contributed by atoms with Crippen LogP contribution in [0.2, 0.25) is 0 Å². The fourth-order valence-electron chi connectivity index (χ4n) is 3.07. The molecule has 0 saturated carbocycles. The van der Waals surface area contributed by atoms with Crippen molar-refractivity contribution in [3.63, 3.8) is 0 Å². The highest BCUT2D eigenvalue weighted by molar-refractivity contribution is 7.97. The van der Waals surface area contributed by atoms with Crippen LogP contribution in [0.3, 0.4) is 0 Å². The van der Waals surface area contributed by atoms with Crippen LogP contribution >= 0.6 is 12.6 Å². The van der Waals surface area contributed by atoms with Crippen LogP contribution in [0.15, 0.2) is 72.8 Å². The molecule has 0 aliphatic rings. The van der Waals surface area contributed by atoms with Gasteiger partial charge in [-0.25, -0.2) is 0 Å². The average molecular weight is 389 g/mol. The number of amides is 1. The molecule has 0 saturated heterocycles. The lowest BCUT2D eigenvalue weighted by atomic mass is 9.91. The Morgan fingerprint density at radius 1 is 0.857 bits per heavy atom. The smallest absolute Gasteiger partial charge is 0.221 e. The minimum atomic E-state index is -0.431. The second-order valence-electron chi connectivity index (χ2n) is 6.40. The Hall–Kier alpha value is -3.18. The zero-order valence-electron chi connectivity index (χ0n) is 15.3. The summed E-state index contributed by atoms with van der Waals surface area (Å²) in [5.41, 5.74) is 3.16. The molecule has 3 aromatic carbocycles. The summed E-state index contributed by atoms with van der Waals surface area (Å²) in [7, 11) is 0. The van der Waals surface area contributed by atoms with E-state index in [0.29, 0.717) is 34.4 Å². The first-order valence-corrected chi connectivity index (χ1v) is 9.22. The quantitative estimate of drug-likeness (QED) is 0.481. The lowest BCUT2D eigenvalue weighted by Gasteiger charge is -2.16. The first-order chi connectivity index (χ1) is 13.5. The van der Waals surface area contributed by atoms with Gasteiger partial charge in [0.1, 0.15) is 0 Å². The van der Waals surface area contributed by atoms with Crippen LogP contribution in [0.1, 0.15) is 44.3 Å². The molecule has 0 bridgehead atoms. The Balaban J connectivity index is 2.21. The summed E-state index contributed by atoms with van der Waals surface area (Å²) in [4.78, 5) is 36.9. The van der Waals surface area contributed by atoms with Crippen LogP contribution in [-0.4, -0.2) is 16.8 Å². The van der Waals surface area contributed by atoms with Gasteiger partial charge in [0.05, 0.1) is 5.69 Å². The van der Waals surface area contributed by atoms with Gasteiger partial charge in [-0.2, -0.15) is 0 Å². The highest BCUT2D eigenvalue weighted by Crippen LogP contribution is 2.28. The Bertz CT molecular complexity index is 1030. The lowest BCUT2D eigenvalue weighted by Crippen LogP contribution is -2.15. The van der Waals surface area contributed by atoms with E-state index >= 15 is 0 Å². The van der Waals surface area contributed by atoms with Gasteiger partial charge in [-0.15, -0.1) is 12.6 Å². The predicted molar refractivity (Wildman–Crippen MR) is 113 cm³/mol. The molecule has 1 N–H and O–H groups in total. The molecule has 1 amide bonds. The van der Waals surface area contributed by atoms with Crippen LogP contribution in [0.4, 0.5) is 5.69 Å². The number of thiol groups is 1. The van der Waals surface area contributed by atoms with Crippen LogP contribution in [0.25, 0.3) is 0 Å². The maximum Gasteiger partial charge on any atom is 0.221 e. The molecular weight excluding hydrogens is 370 g/mol. The van der Waals surface area contributed by atoms with Gasteiger partial charge in [0.15, 0.2) is 5.78 Å². The van der Waals surface area contributed by atoms with Crippen molar-refractivity contribution in [2.45, 2.75) is 13.3 Å². The number of hydrogen-bond donors (Lipinski definition) is 2. The number of benzene rings is 3. The zero-order chi connectivity index (χ0) is 20.1. The van der Waals surface area contributed by atoms with Gasteiger partial charge >= 0.3 is 0 Å². The molecule has 4 nitrogen and oxygen atoms in total. The van der Waals surface area contributed by atoms with Gasteiger partial charge in [0, 0.05) is 23.6 Å². The van der Waals surface area contributed by atoms with E-state index in [0.717, 1.165) is 5.56 Å². The molecule has 0 aliphatic carbocycles. The number of nitrogens with one attached hydrogen (secondary N) is 1. The van der Waals surface area contributed by atoms with Gasteiger partial charge < -0.3 is 5.32 Å². The molecule has 0 atom stereocenters. The van der Waals surface area contributed by atoms with Crippen molar-refractivity contribution in [2.24, 2.45) is 0 Å². The van der Waals surface area contributed by atoms with Crippen molar-refractivity contribution < 1.29 is 14.4 Å². The normalized spacial score (nSPS) is 10.4. The number of hydrogen-bond acceptors (Lipinski definition) is 3. The first-order valence-electron chi connectivity index (χ1n) is 8.77. The van der Waals surface area contributed by atoms with Gasteiger partial charge in [0.25, 0.3) is 0 Å². The molecule has 5 heteroatoms. The second-order valence-corrected chi connectivity index (χ2v) is 6.81.